The van der Waals surface area contributed by atoms with Crippen molar-refractivity contribution in [1.82, 2.24) is 0 Å². The molecule has 1 saturated heterocycles. The van der Waals surface area contributed by atoms with Gasteiger partial charge in [0, 0.05) is 30.3 Å². The third-order valence-corrected chi connectivity index (χ3v) is 4.23. The van der Waals surface area contributed by atoms with Crippen molar-refractivity contribution in [3.05, 3.63) is 54.1 Å². The van der Waals surface area contributed by atoms with Crippen LogP contribution in [0.5, 0.6) is 5.75 Å². The summed E-state index contributed by atoms with van der Waals surface area (Å²) < 4.78 is 5.95. The Bertz CT molecular complexity index is 861. The molecule has 2 heterocycles. The molecule has 23 heavy (non-hydrogen) atoms. The largest absolute Gasteiger partial charge is 0.507 e. The second-order valence-corrected chi connectivity index (χ2v) is 5.76. The van der Waals surface area contributed by atoms with E-state index in [4.69, 9.17) is 4.42 Å². The van der Waals surface area contributed by atoms with Gasteiger partial charge in [0.15, 0.2) is 0 Å². The molecule has 2 aromatic carbocycles. The summed E-state index contributed by atoms with van der Waals surface area (Å²) in [7, 11) is 0. The van der Waals surface area contributed by atoms with Gasteiger partial charge >= 0.3 is 0 Å². The summed E-state index contributed by atoms with van der Waals surface area (Å²) in [6.45, 7) is 2.06. The number of hydrogen-bond acceptors (Lipinski definition) is 4. The van der Waals surface area contributed by atoms with Gasteiger partial charge in [-0.25, -0.2) is 4.99 Å². The fraction of sp³-hybridized carbons (Fsp3) is 0.211. The summed E-state index contributed by atoms with van der Waals surface area (Å²) in [6, 6.07) is 15.2. The number of furan rings is 1. The Morgan fingerprint density at radius 1 is 1.00 bits per heavy atom. The molecule has 1 fully saturated rings. The Hall–Kier alpha value is -2.75. The Labute approximate surface area is 134 Å². The molecule has 3 aromatic rings. The molecule has 0 spiro atoms. The van der Waals surface area contributed by atoms with E-state index in [1.165, 1.54) is 12.8 Å². The van der Waals surface area contributed by atoms with Crippen molar-refractivity contribution in [2.75, 3.05) is 18.0 Å². The molecule has 1 aliphatic heterocycles. The lowest BCUT2D eigenvalue weighted by Gasteiger charge is -2.16. The Kier molecular flexibility index (Phi) is 3.50. The van der Waals surface area contributed by atoms with Gasteiger partial charge in [0.1, 0.15) is 17.0 Å². The molecule has 1 aliphatic rings. The predicted molar refractivity (Wildman–Crippen MR) is 93.0 cm³/mol. The monoisotopic (exact) mass is 306 g/mol. The van der Waals surface area contributed by atoms with Crippen molar-refractivity contribution >= 4 is 28.8 Å². The molecule has 0 aliphatic carbocycles. The number of hydrogen-bond donors (Lipinski definition) is 1. The van der Waals surface area contributed by atoms with Gasteiger partial charge in [0.25, 0.3) is 0 Å². The van der Waals surface area contributed by atoms with Gasteiger partial charge in [-0.1, -0.05) is 24.3 Å². The van der Waals surface area contributed by atoms with Crippen LogP contribution >= 0.6 is 0 Å². The van der Waals surface area contributed by atoms with E-state index in [0.717, 1.165) is 29.7 Å². The Morgan fingerprint density at radius 3 is 2.57 bits per heavy atom. The lowest BCUT2D eigenvalue weighted by molar-refractivity contribution is 0.474. The lowest BCUT2D eigenvalue weighted by atomic mass is 10.2. The first-order valence-corrected chi connectivity index (χ1v) is 7.91. The van der Waals surface area contributed by atoms with Crippen LogP contribution in [0.3, 0.4) is 0 Å². The van der Waals surface area contributed by atoms with E-state index in [1.54, 1.807) is 18.3 Å². The smallest absolute Gasteiger partial charge is 0.243 e. The van der Waals surface area contributed by atoms with Gasteiger partial charge in [0.05, 0.1) is 0 Å². The Balaban J connectivity index is 1.80. The number of benzene rings is 2. The highest BCUT2D eigenvalue weighted by molar-refractivity contribution is 5.98. The zero-order valence-electron chi connectivity index (χ0n) is 12.8. The third-order valence-electron chi connectivity index (χ3n) is 4.23. The highest BCUT2D eigenvalue weighted by atomic mass is 16.3. The van der Waals surface area contributed by atoms with Crippen LogP contribution in [0.1, 0.15) is 18.4 Å². The van der Waals surface area contributed by atoms with Gasteiger partial charge in [-0.3, -0.25) is 0 Å². The van der Waals surface area contributed by atoms with Crippen molar-refractivity contribution in [3.8, 4) is 5.75 Å². The number of aliphatic imine (C=N–C) groups is 1. The van der Waals surface area contributed by atoms with Crippen LogP contribution in [-0.2, 0) is 0 Å². The van der Waals surface area contributed by atoms with Crippen LogP contribution in [-0.4, -0.2) is 24.4 Å². The third kappa shape index (κ3) is 2.57. The van der Waals surface area contributed by atoms with Crippen LogP contribution in [0.15, 0.2) is 57.9 Å². The summed E-state index contributed by atoms with van der Waals surface area (Å²) in [6.07, 6.45) is 4.05. The summed E-state index contributed by atoms with van der Waals surface area (Å²) in [4.78, 5) is 6.86. The minimum Gasteiger partial charge on any atom is -0.507 e. The molecule has 4 heteroatoms. The molecule has 0 radical (unpaired) electrons. The van der Waals surface area contributed by atoms with E-state index in [9.17, 15) is 5.11 Å². The number of fused-ring (bicyclic) bond motifs is 1. The molecule has 1 N–H and O–H groups in total. The number of phenolic OH excluding ortho intramolecular Hbond substituents is 1. The standard InChI is InChI=1S/C19H18N2O2/c22-16-9-3-1-7-14(16)13-20-19-18(21-11-5-6-12-21)15-8-2-4-10-17(15)23-19/h1-4,7-10,13,22H,5-6,11-12H2/b20-13+. The van der Waals surface area contributed by atoms with E-state index >= 15 is 0 Å². The number of rotatable bonds is 3. The normalized spacial score (nSPS) is 15.0. The number of para-hydroxylation sites is 2. The number of aromatic hydroxyl groups is 1. The van der Waals surface area contributed by atoms with Crippen LogP contribution in [0, 0.1) is 0 Å². The molecule has 0 atom stereocenters. The topological polar surface area (TPSA) is 49.0 Å². The van der Waals surface area contributed by atoms with Crippen LogP contribution in [0.4, 0.5) is 11.6 Å². The molecule has 0 saturated carbocycles. The van der Waals surface area contributed by atoms with Crippen molar-refractivity contribution in [3.63, 3.8) is 0 Å². The quantitative estimate of drug-likeness (QED) is 0.725. The zero-order chi connectivity index (χ0) is 15.6. The van der Waals surface area contributed by atoms with Gasteiger partial charge < -0.3 is 14.4 Å². The van der Waals surface area contributed by atoms with Crippen molar-refractivity contribution in [2.45, 2.75) is 12.8 Å². The van der Waals surface area contributed by atoms with Gasteiger partial charge in [-0.2, -0.15) is 0 Å². The molecule has 4 rings (SSSR count). The van der Waals surface area contributed by atoms with Gasteiger partial charge in [-0.15, -0.1) is 0 Å². The second-order valence-electron chi connectivity index (χ2n) is 5.76. The van der Waals surface area contributed by atoms with Crippen molar-refractivity contribution < 1.29 is 9.52 Å². The summed E-state index contributed by atoms with van der Waals surface area (Å²) >= 11 is 0. The average Bonchev–Trinajstić information content (AvgIpc) is 3.20. The van der Waals surface area contributed by atoms with Gasteiger partial charge in [0.2, 0.25) is 5.88 Å². The average molecular weight is 306 g/mol. The summed E-state index contributed by atoms with van der Waals surface area (Å²) in [5, 5.41) is 11.0. The zero-order valence-corrected chi connectivity index (χ0v) is 12.8. The van der Waals surface area contributed by atoms with Crippen molar-refractivity contribution in [2.24, 2.45) is 4.99 Å². The molecule has 116 valence electrons. The first-order chi connectivity index (χ1) is 11.3. The lowest BCUT2D eigenvalue weighted by Crippen LogP contribution is -2.17. The molecule has 0 unspecified atom stereocenters. The number of anilines is 1. The maximum Gasteiger partial charge on any atom is 0.243 e. The van der Waals surface area contributed by atoms with E-state index < -0.39 is 0 Å². The highest BCUT2D eigenvalue weighted by Gasteiger charge is 2.22. The molecular formula is C19H18N2O2. The van der Waals surface area contributed by atoms with E-state index in [-0.39, 0.29) is 5.75 Å². The molecule has 0 amide bonds. The first-order valence-electron chi connectivity index (χ1n) is 7.91. The summed E-state index contributed by atoms with van der Waals surface area (Å²) in [5.74, 6) is 0.825. The molecular weight excluding hydrogens is 288 g/mol. The van der Waals surface area contributed by atoms with Crippen LogP contribution < -0.4 is 4.90 Å². The van der Waals surface area contributed by atoms with E-state index in [1.807, 2.05) is 30.3 Å². The minimum atomic E-state index is 0.218. The molecule has 4 nitrogen and oxygen atoms in total. The molecule has 0 bridgehead atoms. The highest BCUT2D eigenvalue weighted by Crippen LogP contribution is 2.41. The van der Waals surface area contributed by atoms with Crippen molar-refractivity contribution in [1.29, 1.82) is 0 Å². The number of phenols is 1. The van der Waals surface area contributed by atoms with Gasteiger partial charge in [-0.05, 0) is 37.1 Å². The number of nitrogens with zero attached hydrogens (tertiary/aromatic N) is 2. The fourth-order valence-electron chi connectivity index (χ4n) is 3.08. The van der Waals surface area contributed by atoms with E-state index in [0.29, 0.717) is 11.4 Å². The predicted octanol–water partition coefficient (Wildman–Crippen LogP) is 4.49. The van der Waals surface area contributed by atoms with E-state index in [2.05, 4.69) is 16.0 Å². The first kappa shape index (κ1) is 13.9. The fourth-order valence-corrected chi connectivity index (χ4v) is 3.08. The second kappa shape index (κ2) is 5.80. The summed E-state index contributed by atoms with van der Waals surface area (Å²) in [5.41, 5.74) is 2.59. The maximum atomic E-state index is 9.88. The van der Waals surface area contributed by atoms with Crippen LogP contribution in [0.25, 0.3) is 11.0 Å². The Morgan fingerprint density at radius 2 is 1.74 bits per heavy atom. The molecule has 1 aromatic heterocycles. The maximum absolute atomic E-state index is 9.88. The van der Waals surface area contributed by atoms with Crippen LogP contribution in [0.2, 0.25) is 0 Å². The SMILES string of the molecule is Oc1ccccc1/C=N/c1oc2ccccc2c1N1CCCC1. The minimum absolute atomic E-state index is 0.218.